The zero-order valence-corrected chi connectivity index (χ0v) is 13.5. The largest absolute Gasteiger partial charge is 0.492 e. The molecule has 0 bridgehead atoms. The summed E-state index contributed by atoms with van der Waals surface area (Å²) in [6.07, 6.45) is -3.89. The number of nitrogens with one attached hydrogen (secondary N) is 1. The van der Waals surface area contributed by atoms with Crippen molar-refractivity contribution in [2.75, 3.05) is 13.2 Å². The average Bonchev–Trinajstić information content (AvgIpc) is 2.56. The standard InChI is InChI=1S/C17H20F3NO3/c1-3-16(23,4-2)9-8-13-6-5-7-14(12-13)24-11-10-21-15(22)17(18,19)20/h5-7,12,23H,3-4,10-11H2,1-2H3,(H,21,22). The molecule has 0 aromatic heterocycles. The maximum absolute atomic E-state index is 12.0. The van der Waals surface area contributed by atoms with Crippen molar-refractivity contribution in [2.45, 2.75) is 38.5 Å². The van der Waals surface area contributed by atoms with Crippen molar-refractivity contribution in [3.8, 4) is 17.6 Å². The van der Waals surface area contributed by atoms with E-state index in [1.54, 1.807) is 29.6 Å². The highest BCUT2D eigenvalue weighted by Gasteiger charge is 2.38. The number of benzene rings is 1. The van der Waals surface area contributed by atoms with Crippen LogP contribution in [0.25, 0.3) is 0 Å². The monoisotopic (exact) mass is 343 g/mol. The summed E-state index contributed by atoms with van der Waals surface area (Å²) in [5, 5.41) is 11.8. The van der Waals surface area contributed by atoms with Gasteiger partial charge < -0.3 is 15.2 Å². The molecule has 0 saturated carbocycles. The van der Waals surface area contributed by atoms with Crippen LogP contribution in [0.15, 0.2) is 24.3 Å². The predicted octanol–water partition coefficient (Wildman–Crippen LogP) is 2.65. The van der Waals surface area contributed by atoms with Crippen molar-refractivity contribution in [3.63, 3.8) is 0 Å². The van der Waals surface area contributed by atoms with E-state index < -0.39 is 17.7 Å². The second-order valence-corrected chi connectivity index (χ2v) is 5.12. The first-order chi connectivity index (χ1) is 11.2. The zero-order chi connectivity index (χ0) is 18.2. The Bertz CT molecular complexity index is 613. The van der Waals surface area contributed by atoms with Gasteiger partial charge in [0.2, 0.25) is 0 Å². The molecule has 0 aliphatic rings. The molecule has 0 aliphatic heterocycles. The summed E-state index contributed by atoms with van der Waals surface area (Å²) in [5.74, 6) is 4.08. The number of aliphatic hydroxyl groups is 1. The van der Waals surface area contributed by atoms with Gasteiger partial charge in [0, 0.05) is 5.56 Å². The molecule has 0 atom stereocenters. The summed E-state index contributed by atoms with van der Waals surface area (Å²) in [7, 11) is 0. The Balaban J connectivity index is 2.58. The number of alkyl halides is 3. The average molecular weight is 343 g/mol. The number of ether oxygens (including phenoxy) is 1. The van der Waals surface area contributed by atoms with Crippen LogP contribution in [0.2, 0.25) is 0 Å². The van der Waals surface area contributed by atoms with E-state index in [1.165, 1.54) is 0 Å². The lowest BCUT2D eigenvalue weighted by Crippen LogP contribution is -2.38. The molecular formula is C17H20F3NO3. The number of amides is 1. The third-order valence-corrected chi connectivity index (χ3v) is 3.36. The van der Waals surface area contributed by atoms with Crippen molar-refractivity contribution >= 4 is 5.91 Å². The number of rotatable bonds is 6. The molecule has 0 spiro atoms. The second-order valence-electron chi connectivity index (χ2n) is 5.12. The van der Waals surface area contributed by atoms with Crippen LogP contribution in [0, 0.1) is 11.8 Å². The smallest absolute Gasteiger partial charge is 0.471 e. The van der Waals surface area contributed by atoms with Gasteiger partial charge in [-0.3, -0.25) is 4.79 Å². The van der Waals surface area contributed by atoms with Gasteiger partial charge in [-0.05, 0) is 31.0 Å². The Morgan fingerprint density at radius 3 is 2.54 bits per heavy atom. The van der Waals surface area contributed by atoms with Gasteiger partial charge in [0.05, 0.1) is 6.54 Å². The van der Waals surface area contributed by atoms with Crippen LogP contribution in [0.5, 0.6) is 5.75 Å². The SMILES string of the molecule is CCC(O)(C#Cc1cccc(OCCNC(=O)C(F)(F)F)c1)CC. The Kier molecular flexibility index (Phi) is 7.11. The molecule has 2 N–H and O–H groups in total. The van der Waals surface area contributed by atoms with E-state index in [0.717, 1.165) is 0 Å². The summed E-state index contributed by atoms with van der Waals surface area (Å²) in [4.78, 5) is 10.6. The van der Waals surface area contributed by atoms with E-state index in [4.69, 9.17) is 4.74 Å². The Morgan fingerprint density at radius 2 is 1.96 bits per heavy atom. The highest BCUT2D eigenvalue weighted by molar-refractivity contribution is 5.81. The van der Waals surface area contributed by atoms with Crippen LogP contribution in [-0.2, 0) is 4.79 Å². The van der Waals surface area contributed by atoms with Gasteiger partial charge in [0.25, 0.3) is 0 Å². The normalized spacial score (nSPS) is 11.4. The van der Waals surface area contributed by atoms with Crippen LogP contribution in [-0.4, -0.2) is 35.9 Å². The van der Waals surface area contributed by atoms with Crippen LogP contribution >= 0.6 is 0 Å². The molecule has 132 valence electrons. The fourth-order valence-electron chi connectivity index (χ4n) is 1.71. The lowest BCUT2D eigenvalue weighted by atomic mass is 9.98. The number of carbonyl (C=O) groups is 1. The number of hydrogen-bond acceptors (Lipinski definition) is 3. The van der Waals surface area contributed by atoms with E-state index in [1.807, 2.05) is 13.8 Å². The molecule has 0 unspecified atom stereocenters. The van der Waals surface area contributed by atoms with Crippen molar-refractivity contribution < 1.29 is 27.8 Å². The molecule has 0 aliphatic carbocycles. The summed E-state index contributed by atoms with van der Waals surface area (Å²) < 4.78 is 41.3. The number of halogens is 3. The molecule has 4 nitrogen and oxygen atoms in total. The van der Waals surface area contributed by atoms with Gasteiger partial charge in [0.15, 0.2) is 0 Å². The molecule has 1 amide bonds. The number of carbonyl (C=O) groups excluding carboxylic acids is 1. The maximum atomic E-state index is 12.0. The minimum absolute atomic E-state index is 0.105. The molecule has 0 fully saturated rings. The molecular weight excluding hydrogens is 323 g/mol. The quantitative estimate of drug-likeness (QED) is 0.617. The first-order valence-corrected chi connectivity index (χ1v) is 7.53. The summed E-state index contributed by atoms with van der Waals surface area (Å²) in [5.41, 5.74) is -0.425. The fourth-order valence-corrected chi connectivity index (χ4v) is 1.71. The number of hydrogen-bond donors (Lipinski definition) is 2. The molecule has 1 rings (SSSR count). The minimum atomic E-state index is -4.90. The molecule has 24 heavy (non-hydrogen) atoms. The fraction of sp³-hybridized carbons (Fsp3) is 0.471. The topological polar surface area (TPSA) is 58.6 Å². The third-order valence-electron chi connectivity index (χ3n) is 3.36. The van der Waals surface area contributed by atoms with Gasteiger partial charge in [-0.25, -0.2) is 0 Å². The van der Waals surface area contributed by atoms with Crippen molar-refractivity contribution in [1.82, 2.24) is 5.32 Å². The summed E-state index contributed by atoms with van der Waals surface area (Å²) in [6, 6.07) is 6.66. The van der Waals surface area contributed by atoms with Gasteiger partial charge in [-0.15, -0.1) is 0 Å². The van der Waals surface area contributed by atoms with Crippen LogP contribution in [0.1, 0.15) is 32.3 Å². The lowest BCUT2D eigenvalue weighted by Gasteiger charge is -2.17. The van der Waals surface area contributed by atoms with Gasteiger partial charge >= 0.3 is 12.1 Å². The van der Waals surface area contributed by atoms with E-state index >= 15 is 0 Å². The van der Waals surface area contributed by atoms with Crippen LogP contribution < -0.4 is 10.1 Å². The molecule has 1 aromatic carbocycles. The minimum Gasteiger partial charge on any atom is -0.492 e. The highest BCUT2D eigenvalue weighted by Crippen LogP contribution is 2.16. The van der Waals surface area contributed by atoms with E-state index in [0.29, 0.717) is 24.2 Å². The summed E-state index contributed by atoms with van der Waals surface area (Å²) in [6.45, 7) is 3.31. The van der Waals surface area contributed by atoms with Crippen LogP contribution in [0.3, 0.4) is 0 Å². The highest BCUT2D eigenvalue weighted by atomic mass is 19.4. The van der Waals surface area contributed by atoms with Gasteiger partial charge in [0.1, 0.15) is 18.0 Å². The van der Waals surface area contributed by atoms with Crippen molar-refractivity contribution in [2.24, 2.45) is 0 Å². The Labute approximate surface area is 139 Å². The third kappa shape index (κ3) is 6.50. The lowest BCUT2D eigenvalue weighted by molar-refractivity contribution is -0.173. The van der Waals surface area contributed by atoms with E-state index in [9.17, 15) is 23.1 Å². The van der Waals surface area contributed by atoms with Gasteiger partial charge in [-0.2, -0.15) is 13.2 Å². The zero-order valence-electron chi connectivity index (χ0n) is 13.5. The second kappa shape index (κ2) is 8.60. The summed E-state index contributed by atoms with van der Waals surface area (Å²) >= 11 is 0. The molecule has 0 heterocycles. The Hall–Kier alpha value is -2.20. The maximum Gasteiger partial charge on any atom is 0.471 e. The molecule has 7 heteroatoms. The Morgan fingerprint density at radius 1 is 1.29 bits per heavy atom. The van der Waals surface area contributed by atoms with Crippen molar-refractivity contribution in [1.29, 1.82) is 0 Å². The molecule has 0 saturated heterocycles. The van der Waals surface area contributed by atoms with E-state index in [2.05, 4.69) is 11.8 Å². The first-order valence-electron chi connectivity index (χ1n) is 7.53. The van der Waals surface area contributed by atoms with E-state index in [-0.39, 0.29) is 13.2 Å². The molecule has 0 radical (unpaired) electrons. The predicted molar refractivity (Wildman–Crippen MR) is 83.4 cm³/mol. The molecule has 1 aromatic rings. The first kappa shape index (κ1) is 19.8. The van der Waals surface area contributed by atoms with Crippen LogP contribution in [0.4, 0.5) is 13.2 Å². The van der Waals surface area contributed by atoms with Gasteiger partial charge in [-0.1, -0.05) is 31.8 Å². The van der Waals surface area contributed by atoms with Crippen molar-refractivity contribution in [3.05, 3.63) is 29.8 Å².